The molecule has 10 heteroatoms. The minimum absolute atomic E-state index is 0.127. The molecule has 3 aromatic heterocycles. The lowest BCUT2D eigenvalue weighted by atomic mass is 10.2. The van der Waals surface area contributed by atoms with E-state index in [1.54, 1.807) is 15.9 Å². The number of hydrogen-bond acceptors (Lipinski definition) is 7. The van der Waals surface area contributed by atoms with E-state index in [1.165, 1.54) is 0 Å². The Hall–Kier alpha value is -3.79. The molecule has 4 rings (SSSR count). The monoisotopic (exact) mass is 422 g/mol. The second-order valence-corrected chi connectivity index (χ2v) is 7.22. The third-order valence-corrected chi connectivity index (χ3v) is 5.04. The molecule has 0 fully saturated rings. The number of carbonyl (C=O) groups excluding carboxylic acids is 2. The van der Waals surface area contributed by atoms with Crippen LogP contribution in [0, 0.1) is 0 Å². The molecule has 2 amide bonds. The first-order valence-electron chi connectivity index (χ1n) is 9.15. The molecule has 9 nitrogen and oxygen atoms in total. The zero-order chi connectivity index (χ0) is 20.8. The van der Waals surface area contributed by atoms with Gasteiger partial charge in [0.25, 0.3) is 0 Å². The highest BCUT2D eigenvalue weighted by Crippen LogP contribution is 2.22. The lowest BCUT2D eigenvalue weighted by molar-refractivity contribution is -0.120. The summed E-state index contributed by atoms with van der Waals surface area (Å²) in [4.78, 5) is 24.8. The Labute approximate surface area is 175 Å². The van der Waals surface area contributed by atoms with Gasteiger partial charge in [0, 0.05) is 0 Å². The highest BCUT2D eigenvalue weighted by molar-refractivity contribution is 7.13. The molecule has 0 aliphatic carbocycles. The lowest BCUT2D eigenvalue weighted by Gasteiger charge is -2.07. The van der Waals surface area contributed by atoms with E-state index in [4.69, 9.17) is 4.74 Å². The van der Waals surface area contributed by atoms with Crippen LogP contribution in [0.4, 0.5) is 4.79 Å². The second kappa shape index (κ2) is 9.14. The standard InChI is InChI=1S/C20H18N6O3S/c27-19(12-22-20(28)29-13-14-5-2-1-3-6-14)21-11-18-24-23-17-9-8-15(25-26(17)18)16-7-4-10-30-16/h1-10H,11-13H2,(H,21,27)(H,22,28). The molecule has 1 aromatic carbocycles. The van der Waals surface area contributed by atoms with E-state index in [2.05, 4.69) is 25.9 Å². The molecule has 0 bridgehead atoms. The molecule has 30 heavy (non-hydrogen) atoms. The molecule has 0 unspecified atom stereocenters. The Kier molecular flexibility index (Phi) is 5.95. The van der Waals surface area contributed by atoms with E-state index >= 15 is 0 Å². The summed E-state index contributed by atoms with van der Waals surface area (Å²) in [6, 6.07) is 16.9. The summed E-state index contributed by atoms with van der Waals surface area (Å²) in [5.41, 5.74) is 2.25. The number of fused-ring (bicyclic) bond motifs is 1. The van der Waals surface area contributed by atoms with E-state index in [-0.39, 0.29) is 25.6 Å². The van der Waals surface area contributed by atoms with Crippen molar-refractivity contribution >= 4 is 29.0 Å². The quantitative estimate of drug-likeness (QED) is 0.473. The molecule has 0 aliphatic rings. The first-order valence-corrected chi connectivity index (χ1v) is 10.0. The van der Waals surface area contributed by atoms with Crippen LogP contribution in [0.3, 0.4) is 0 Å². The normalized spacial score (nSPS) is 10.7. The van der Waals surface area contributed by atoms with Gasteiger partial charge < -0.3 is 15.4 Å². The van der Waals surface area contributed by atoms with Gasteiger partial charge in [0.1, 0.15) is 18.8 Å². The maximum absolute atomic E-state index is 12.0. The third-order valence-electron chi connectivity index (χ3n) is 4.15. The topological polar surface area (TPSA) is 111 Å². The van der Waals surface area contributed by atoms with Gasteiger partial charge in [-0.1, -0.05) is 36.4 Å². The fraction of sp³-hybridized carbons (Fsp3) is 0.150. The molecular formula is C20H18N6O3S. The number of hydrogen-bond donors (Lipinski definition) is 2. The predicted molar refractivity (Wildman–Crippen MR) is 111 cm³/mol. The van der Waals surface area contributed by atoms with Gasteiger partial charge in [-0.2, -0.15) is 9.61 Å². The van der Waals surface area contributed by atoms with Gasteiger partial charge in [0.05, 0.1) is 11.4 Å². The number of thiophene rings is 1. The highest BCUT2D eigenvalue weighted by atomic mass is 32.1. The van der Waals surface area contributed by atoms with Crippen molar-refractivity contribution < 1.29 is 14.3 Å². The van der Waals surface area contributed by atoms with Gasteiger partial charge in [-0.3, -0.25) is 4.79 Å². The van der Waals surface area contributed by atoms with Crippen LogP contribution in [0.2, 0.25) is 0 Å². The number of nitrogens with one attached hydrogen (secondary N) is 2. The molecule has 2 N–H and O–H groups in total. The van der Waals surface area contributed by atoms with Crippen molar-refractivity contribution in [2.24, 2.45) is 0 Å². The highest BCUT2D eigenvalue weighted by Gasteiger charge is 2.11. The zero-order valence-corrected chi connectivity index (χ0v) is 16.6. The van der Waals surface area contributed by atoms with Crippen molar-refractivity contribution in [2.45, 2.75) is 13.2 Å². The fourth-order valence-electron chi connectivity index (χ4n) is 2.67. The maximum atomic E-state index is 12.0. The average Bonchev–Trinajstić information content (AvgIpc) is 3.45. The smallest absolute Gasteiger partial charge is 0.407 e. The van der Waals surface area contributed by atoms with Gasteiger partial charge in [-0.25, -0.2) is 4.79 Å². The summed E-state index contributed by atoms with van der Waals surface area (Å²) >= 11 is 1.58. The molecule has 0 aliphatic heterocycles. The van der Waals surface area contributed by atoms with Crippen molar-refractivity contribution in [1.29, 1.82) is 0 Å². The summed E-state index contributed by atoms with van der Waals surface area (Å²) in [6.45, 7) is 0.0537. The number of alkyl carbamates (subject to hydrolysis) is 1. The molecule has 0 saturated carbocycles. The molecule has 0 spiro atoms. The molecule has 0 radical (unpaired) electrons. The molecule has 4 aromatic rings. The molecule has 0 atom stereocenters. The number of carbonyl (C=O) groups is 2. The van der Waals surface area contributed by atoms with Gasteiger partial charge in [-0.05, 0) is 29.1 Å². The minimum atomic E-state index is -0.663. The van der Waals surface area contributed by atoms with Crippen molar-refractivity contribution in [3.8, 4) is 10.6 Å². The number of amides is 2. The molecule has 152 valence electrons. The summed E-state index contributed by atoms with van der Waals surface area (Å²) in [6.07, 6.45) is -0.663. The summed E-state index contributed by atoms with van der Waals surface area (Å²) in [5, 5.41) is 19.8. The molecular weight excluding hydrogens is 404 g/mol. The number of aromatic nitrogens is 4. The first-order chi connectivity index (χ1) is 14.7. The van der Waals surface area contributed by atoms with Crippen LogP contribution in [0.15, 0.2) is 60.0 Å². The van der Waals surface area contributed by atoms with Crippen molar-refractivity contribution in [1.82, 2.24) is 30.4 Å². The number of ether oxygens (including phenoxy) is 1. The fourth-order valence-corrected chi connectivity index (χ4v) is 3.36. The van der Waals surface area contributed by atoms with Crippen LogP contribution in [0.25, 0.3) is 16.2 Å². The van der Waals surface area contributed by atoms with E-state index in [9.17, 15) is 9.59 Å². The van der Waals surface area contributed by atoms with E-state index in [0.717, 1.165) is 16.1 Å². The second-order valence-electron chi connectivity index (χ2n) is 6.27. The Bertz CT molecular complexity index is 1140. The van der Waals surface area contributed by atoms with Crippen LogP contribution in [0.1, 0.15) is 11.4 Å². The van der Waals surface area contributed by atoms with E-state index in [1.807, 2.05) is 60.0 Å². The van der Waals surface area contributed by atoms with Crippen LogP contribution in [-0.2, 0) is 22.7 Å². The van der Waals surface area contributed by atoms with Crippen LogP contribution < -0.4 is 10.6 Å². The largest absolute Gasteiger partial charge is 0.445 e. The zero-order valence-electron chi connectivity index (χ0n) is 15.8. The average molecular weight is 422 g/mol. The predicted octanol–water partition coefficient (Wildman–Crippen LogP) is 2.40. The number of rotatable bonds is 7. The number of benzene rings is 1. The Morgan fingerprint density at radius 2 is 1.87 bits per heavy atom. The van der Waals surface area contributed by atoms with Crippen LogP contribution in [0.5, 0.6) is 0 Å². The van der Waals surface area contributed by atoms with Gasteiger partial charge in [-0.15, -0.1) is 21.5 Å². The van der Waals surface area contributed by atoms with Gasteiger partial charge in [0.2, 0.25) is 5.91 Å². The van der Waals surface area contributed by atoms with E-state index < -0.39 is 6.09 Å². The Morgan fingerprint density at radius 1 is 1.00 bits per heavy atom. The van der Waals surface area contributed by atoms with E-state index in [0.29, 0.717) is 11.5 Å². The van der Waals surface area contributed by atoms with Crippen molar-refractivity contribution in [2.75, 3.05) is 6.54 Å². The van der Waals surface area contributed by atoms with Gasteiger partial charge >= 0.3 is 6.09 Å². The Balaban J connectivity index is 1.28. The minimum Gasteiger partial charge on any atom is -0.445 e. The van der Waals surface area contributed by atoms with Crippen molar-refractivity contribution in [3.63, 3.8) is 0 Å². The van der Waals surface area contributed by atoms with Crippen LogP contribution in [-0.4, -0.2) is 38.4 Å². The maximum Gasteiger partial charge on any atom is 0.407 e. The van der Waals surface area contributed by atoms with Crippen LogP contribution >= 0.6 is 11.3 Å². The summed E-state index contributed by atoms with van der Waals surface area (Å²) < 4.78 is 6.66. The lowest BCUT2D eigenvalue weighted by Crippen LogP contribution is -2.37. The third kappa shape index (κ3) is 4.78. The Morgan fingerprint density at radius 3 is 2.67 bits per heavy atom. The van der Waals surface area contributed by atoms with Gasteiger partial charge in [0.15, 0.2) is 11.5 Å². The summed E-state index contributed by atoms with van der Waals surface area (Å²) in [5.74, 6) is 0.112. The SMILES string of the molecule is O=C(CNC(=O)OCc1ccccc1)NCc1nnc2ccc(-c3cccs3)nn12. The number of nitrogens with zero attached hydrogens (tertiary/aromatic N) is 4. The molecule has 3 heterocycles. The van der Waals surface area contributed by atoms with Crippen molar-refractivity contribution in [3.05, 3.63) is 71.4 Å². The first kappa shape index (κ1) is 19.5. The molecule has 0 saturated heterocycles. The summed E-state index contributed by atoms with van der Waals surface area (Å²) in [7, 11) is 0.